The van der Waals surface area contributed by atoms with Gasteiger partial charge in [0.15, 0.2) is 11.5 Å². The molecule has 2 aromatic rings. The molecule has 7 heteroatoms. The van der Waals surface area contributed by atoms with Crippen LogP contribution in [0.3, 0.4) is 0 Å². The Balaban J connectivity index is 2.18. The summed E-state index contributed by atoms with van der Waals surface area (Å²) in [5, 5.41) is 1.98. The first kappa shape index (κ1) is 16.8. The second kappa shape index (κ2) is 7.13. The van der Waals surface area contributed by atoms with Crippen molar-refractivity contribution in [2.75, 3.05) is 27.8 Å². The van der Waals surface area contributed by atoms with Crippen molar-refractivity contribution in [3.8, 4) is 11.5 Å². The van der Waals surface area contributed by atoms with Gasteiger partial charge in [-0.3, -0.25) is 0 Å². The summed E-state index contributed by atoms with van der Waals surface area (Å²) in [6.07, 6.45) is 0.695. The number of benzene rings is 1. The van der Waals surface area contributed by atoms with E-state index in [1.165, 1.54) is 30.7 Å². The van der Waals surface area contributed by atoms with Crippen LogP contribution < -0.4 is 9.47 Å². The lowest BCUT2D eigenvalue weighted by molar-refractivity contribution is 0.353. The number of rotatable bonds is 7. The second-order valence-corrected chi connectivity index (χ2v) is 7.75. The standard InChI is InChI=1S/C15H19NO4S2/c1-16(9-8-12-5-4-10-21-12)22(17,18)13-6-7-14(19-2)15(11-13)20-3/h4-7,10-11H,8-9H2,1-3H3. The smallest absolute Gasteiger partial charge is 0.242 e. The second-order valence-electron chi connectivity index (χ2n) is 4.67. The molecule has 0 aliphatic rings. The Morgan fingerprint density at radius 2 is 1.86 bits per heavy atom. The van der Waals surface area contributed by atoms with Crippen LogP contribution in [-0.2, 0) is 16.4 Å². The fourth-order valence-corrected chi connectivity index (χ4v) is 3.89. The molecule has 0 aliphatic carbocycles. The highest BCUT2D eigenvalue weighted by atomic mass is 32.2. The molecule has 1 aromatic carbocycles. The van der Waals surface area contributed by atoms with Crippen LogP contribution >= 0.6 is 11.3 Å². The third-order valence-corrected chi connectivity index (χ3v) is 6.11. The number of nitrogens with zero attached hydrogens (tertiary/aromatic N) is 1. The Morgan fingerprint density at radius 1 is 1.14 bits per heavy atom. The van der Waals surface area contributed by atoms with Crippen LogP contribution in [0.15, 0.2) is 40.6 Å². The first-order valence-corrected chi connectivity index (χ1v) is 9.01. The molecule has 0 N–H and O–H groups in total. The van der Waals surface area contributed by atoms with Gasteiger partial charge in [0, 0.05) is 24.5 Å². The fourth-order valence-electron chi connectivity index (χ4n) is 2.00. The van der Waals surface area contributed by atoms with Crippen molar-refractivity contribution in [2.24, 2.45) is 0 Å². The van der Waals surface area contributed by atoms with Crippen LogP contribution in [0, 0.1) is 0 Å². The normalized spacial score (nSPS) is 11.6. The van der Waals surface area contributed by atoms with E-state index in [9.17, 15) is 8.42 Å². The largest absolute Gasteiger partial charge is 0.493 e. The van der Waals surface area contributed by atoms with E-state index < -0.39 is 10.0 Å². The van der Waals surface area contributed by atoms with Crippen LogP contribution in [0.1, 0.15) is 4.88 Å². The molecular weight excluding hydrogens is 322 g/mol. The number of thiophene rings is 1. The van der Waals surface area contributed by atoms with Gasteiger partial charge < -0.3 is 9.47 Å². The molecule has 0 amide bonds. The lowest BCUT2D eigenvalue weighted by Gasteiger charge is -2.18. The summed E-state index contributed by atoms with van der Waals surface area (Å²) >= 11 is 1.62. The lowest BCUT2D eigenvalue weighted by atomic mass is 10.3. The molecule has 2 rings (SSSR count). The van der Waals surface area contributed by atoms with Gasteiger partial charge in [-0.2, -0.15) is 0 Å². The SMILES string of the molecule is COc1ccc(S(=O)(=O)N(C)CCc2cccs2)cc1OC. The molecule has 0 unspecified atom stereocenters. The maximum Gasteiger partial charge on any atom is 0.242 e. The fraction of sp³-hybridized carbons (Fsp3) is 0.333. The van der Waals surface area contributed by atoms with E-state index in [0.717, 1.165) is 4.88 Å². The molecule has 1 aromatic heterocycles. The summed E-state index contributed by atoms with van der Waals surface area (Å²) in [5.74, 6) is 0.901. The Hall–Kier alpha value is -1.57. The molecule has 22 heavy (non-hydrogen) atoms. The van der Waals surface area contributed by atoms with E-state index in [0.29, 0.717) is 24.5 Å². The van der Waals surface area contributed by atoms with Crippen LogP contribution in [0.4, 0.5) is 0 Å². The molecule has 0 radical (unpaired) electrons. The molecule has 120 valence electrons. The number of hydrogen-bond acceptors (Lipinski definition) is 5. The Labute approximate surface area is 135 Å². The minimum absolute atomic E-state index is 0.193. The van der Waals surface area contributed by atoms with Gasteiger partial charge in [-0.15, -0.1) is 11.3 Å². The summed E-state index contributed by atoms with van der Waals surface area (Å²) in [6, 6.07) is 8.57. The van der Waals surface area contributed by atoms with E-state index in [-0.39, 0.29) is 4.90 Å². The highest BCUT2D eigenvalue weighted by molar-refractivity contribution is 7.89. The van der Waals surface area contributed by atoms with Crippen molar-refractivity contribution < 1.29 is 17.9 Å². The molecule has 0 bridgehead atoms. The zero-order valence-electron chi connectivity index (χ0n) is 12.8. The zero-order chi connectivity index (χ0) is 16.2. The van der Waals surface area contributed by atoms with Gasteiger partial charge in [0.1, 0.15) is 0 Å². The number of ether oxygens (including phenoxy) is 2. The third kappa shape index (κ3) is 3.60. The van der Waals surface area contributed by atoms with Gasteiger partial charge in [0.05, 0.1) is 19.1 Å². The van der Waals surface area contributed by atoms with Crippen molar-refractivity contribution in [3.63, 3.8) is 0 Å². The topological polar surface area (TPSA) is 55.8 Å². The molecule has 0 saturated carbocycles. The molecule has 0 atom stereocenters. The van der Waals surface area contributed by atoms with Crippen molar-refractivity contribution in [1.29, 1.82) is 0 Å². The monoisotopic (exact) mass is 341 g/mol. The summed E-state index contributed by atoms with van der Waals surface area (Å²) in [4.78, 5) is 1.35. The maximum atomic E-state index is 12.6. The predicted molar refractivity (Wildman–Crippen MR) is 87.4 cm³/mol. The van der Waals surface area contributed by atoms with Gasteiger partial charge in [-0.1, -0.05) is 6.07 Å². The summed E-state index contributed by atoms with van der Waals surface area (Å²) in [6.45, 7) is 0.428. The van der Waals surface area contributed by atoms with Crippen LogP contribution in [-0.4, -0.2) is 40.5 Å². The van der Waals surface area contributed by atoms with Gasteiger partial charge in [0.25, 0.3) is 0 Å². The van der Waals surface area contributed by atoms with Crippen molar-refractivity contribution >= 4 is 21.4 Å². The number of likely N-dealkylation sites (N-methyl/N-ethyl adjacent to an activating group) is 1. The number of methoxy groups -OCH3 is 2. The van der Waals surface area contributed by atoms with Crippen LogP contribution in [0.25, 0.3) is 0 Å². The van der Waals surface area contributed by atoms with Gasteiger partial charge in [-0.25, -0.2) is 12.7 Å². The lowest BCUT2D eigenvalue weighted by Crippen LogP contribution is -2.28. The van der Waals surface area contributed by atoms with Crippen LogP contribution in [0.2, 0.25) is 0 Å². The first-order chi connectivity index (χ1) is 10.5. The van der Waals surface area contributed by atoms with E-state index in [1.54, 1.807) is 24.5 Å². The molecular formula is C15H19NO4S2. The van der Waals surface area contributed by atoms with Gasteiger partial charge >= 0.3 is 0 Å². The van der Waals surface area contributed by atoms with Crippen LogP contribution in [0.5, 0.6) is 11.5 Å². The van der Waals surface area contributed by atoms with Crippen molar-refractivity contribution in [2.45, 2.75) is 11.3 Å². The Kier molecular flexibility index (Phi) is 5.44. The van der Waals surface area contributed by atoms with E-state index in [4.69, 9.17) is 9.47 Å². The average molecular weight is 341 g/mol. The van der Waals surface area contributed by atoms with E-state index >= 15 is 0 Å². The Bertz CT molecular complexity index is 711. The molecule has 1 heterocycles. The molecule has 0 spiro atoms. The first-order valence-electron chi connectivity index (χ1n) is 6.69. The molecule has 5 nitrogen and oxygen atoms in total. The number of sulfonamides is 1. The third-order valence-electron chi connectivity index (χ3n) is 3.32. The summed E-state index contributed by atoms with van der Waals surface area (Å²) in [5.41, 5.74) is 0. The van der Waals surface area contributed by atoms with E-state index in [2.05, 4.69) is 0 Å². The Morgan fingerprint density at radius 3 is 2.45 bits per heavy atom. The molecule has 0 fully saturated rings. The minimum atomic E-state index is -3.55. The van der Waals surface area contributed by atoms with Crippen molar-refractivity contribution in [1.82, 2.24) is 4.31 Å². The zero-order valence-corrected chi connectivity index (χ0v) is 14.4. The maximum absolute atomic E-state index is 12.6. The number of hydrogen-bond donors (Lipinski definition) is 0. The predicted octanol–water partition coefficient (Wildman–Crippen LogP) is 2.63. The average Bonchev–Trinajstić information content (AvgIpc) is 3.05. The molecule has 0 saturated heterocycles. The van der Waals surface area contributed by atoms with Gasteiger partial charge in [0.2, 0.25) is 10.0 Å². The quantitative estimate of drug-likeness (QED) is 0.777. The summed E-state index contributed by atoms with van der Waals surface area (Å²) < 4.78 is 36.8. The molecule has 0 aliphatic heterocycles. The minimum Gasteiger partial charge on any atom is -0.493 e. The van der Waals surface area contributed by atoms with E-state index in [1.807, 2.05) is 17.5 Å². The van der Waals surface area contributed by atoms with Gasteiger partial charge in [-0.05, 0) is 30.0 Å². The highest BCUT2D eigenvalue weighted by Crippen LogP contribution is 2.30. The highest BCUT2D eigenvalue weighted by Gasteiger charge is 2.22. The summed E-state index contributed by atoms with van der Waals surface area (Å²) in [7, 11) is 1.03. The van der Waals surface area contributed by atoms with Crippen molar-refractivity contribution in [3.05, 3.63) is 40.6 Å².